The molecule has 4 nitrogen and oxygen atoms in total. The minimum atomic E-state index is -0.198. The highest BCUT2D eigenvalue weighted by Crippen LogP contribution is 2.07. The van der Waals surface area contributed by atoms with Gasteiger partial charge in [-0.15, -0.1) is 0 Å². The third-order valence-corrected chi connectivity index (χ3v) is 1.73. The first-order chi connectivity index (χ1) is 5.86. The molecule has 1 aromatic heterocycles. The van der Waals surface area contributed by atoms with E-state index in [4.69, 9.17) is 0 Å². The maximum atomic E-state index is 11.0. The molecule has 1 heterocycles. The first kappa shape index (κ1) is 12.2. The fourth-order valence-corrected chi connectivity index (χ4v) is 1.16. The van der Waals surface area contributed by atoms with Crippen LogP contribution >= 0.6 is 0 Å². The summed E-state index contributed by atoms with van der Waals surface area (Å²) in [6.45, 7) is 0. The van der Waals surface area contributed by atoms with Crippen molar-refractivity contribution in [2.75, 3.05) is 0 Å². The van der Waals surface area contributed by atoms with Gasteiger partial charge in [0.05, 0.1) is 0 Å². The lowest BCUT2D eigenvalue weighted by Crippen LogP contribution is -1.96. The van der Waals surface area contributed by atoms with E-state index < -0.39 is 0 Å². The van der Waals surface area contributed by atoms with Crippen molar-refractivity contribution in [3.63, 3.8) is 0 Å². The van der Waals surface area contributed by atoms with Crippen LogP contribution in [0.15, 0.2) is 47.4 Å². The zero-order valence-electron chi connectivity index (χ0n) is 7.40. The van der Waals surface area contributed by atoms with Crippen molar-refractivity contribution in [3.8, 4) is 0 Å². The van der Waals surface area contributed by atoms with Gasteiger partial charge in [-0.1, -0.05) is 24.3 Å². The van der Waals surface area contributed by atoms with E-state index in [2.05, 4.69) is 4.98 Å². The Morgan fingerprint density at radius 2 is 1.57 bits per heavy atom. The summed E-state index contributed by atoms with van der Waals surface area (Å²) in [6, 6.07) is 11.1. The average molecular weight is 193 g/mol. The van der Waals surface area contributed by atoms with Gasteiger partial charge >= 0.3 is 0 Å². The molecule has 1 aromatic carbocycles. The summed E-state index contributed by atoms with van der Waals surface area (Å²) in [4.78, 5) is 14.6. The number of aromatic nitrogens is 1. The number of fused-ring (bicyclic) bond motifs is 1. The van der Waals surface area contributed by atoms with Gasteiger partial charge in [-0.25, -0.2) is 4.98 Å². The van der Waals surface area contributed by atoms with Gasteiger partial charge < -0.3 is 11.0 Å². The van der Waals surface area contributed by atoms with Crippen LogP contribution in [0.1, 0.15) is 0 Å². The molecule has 74 valence electrons. The van der Waals surface area contributed by atoms with Crippen molar-refractivity contribution in [3.05, 3.63) is 52.9 Å². The quantitative estimate of drug-likeness (QED) is 0.586. The molecular weight excluding hydrogens is 182 g/mol. The molecular formula is C10H11NO3. The molecule has 0 atom stereocenters. The first-order valence-corrected chi connectivity index (χ1v) is 3.71. The maximum Gasteiger partial charge on any atom is 0.270 e. The zero-order chi connectivity index (χ0) is 8.39. The predicted octanol–water partition coefficient (Wildman–Crippen LogP) is -0.0544. The Labute approximate surface area is 80.5 Å². The third kappa shape index (κ3) is 2.35. The summed E-state index contributed by atoms with van der Waals surface area (Å²) in [5, 5.41) is 1.96. The molecule has 14 heavy (non-hydrogen) atoms. The van der Waals surface area contributed by atoms with Crippen molar-refractivity contribution in [2.45, 2.75) is 0 Å². The van der Waals surface area contributed by atoms with Crippen LogP contribution in [-0.4, -0.2) is 15.9 Å². The van der Waals surface area contributed by atoms with E-state index in [1.807, 2.05) is 30.3 Å². The molecule has 0 fully saturated rings. The molecule has 2 aromatic rings. The lowest BCUT2D eigenvalue weighted by molar-refractivity contribution is 0.823. The molecule has 0 saturated heterocycles. The molecule has 0 amide bonds. The maximum absolute atomic E-state index is 11.0. The van der Waals surface area contributed by atoms with Crippen LogP contribution in [-0.2, 0) is 0 Å². The lowest BCUT2D eigenvalue weighted by Gasteiger charge is -1.86. The van der Waals surface area contributed by atoms with Gasteiger partial charge in [0, 0.05) is 12.3 Å². The van der Waals surface area contributed by atoms with Gasteiger partial charge in [-0.2, -0.15) is 0 Å². The van der Waals surface area contributed by atoms with Crippen LogP contribution in [0.5, 0.6) is 0 Å². The number of rotatable bonds is 0. The van der Waals surface area contributed by atoms with Crippen molar-refractivity contribution in [1.29, 1.82) is 0 Å². The topological polar surface area (TPSA) is 93.0 Å². The summed E-state index contributed by atoms with van der Waals surface area (Å²) in [6.07, 6.45) is 1.53. The van der Waals surface area contributed by atoms with Gasteiger partial charge in [0.2, 0.25) is 0 Å². The molecule has 0 radical (unpaired) electrons. The van der Waals surface area contributed by atoms with Crippen molar-refractivity contribution >= 4 is 10.8 Å². The zero-order valence-corrected chi connectivity index (χ0v) is 7.40. The highest BCUT2D eigenvalue weighted by molar-refractivity contribution is 5.81. The molecule has 0 aliphatic rings. The van der Waals surface area contributed by atoms with E-state index in [0.717, 1.165) is 10.8 Å². The molecule has 4 N–H and O–H groups in total. The SMILES string of the molecule is O.O.O=c1cc2ccccc2ccn1. The van der Waals surface area contributed by atoms with E-state index >= 15 is 0 Å². The number of hydrogen-bond acceptors (Lipinski definition) is 2. The van der Waals surface area contributed by atoms with Crippen LogP contribution in [0, 0.1) is 0 Å². The minimum absolute atomic E-state index is 0. The van der Waals surface area contributed by atoms with E-state index in [1.54, 1.807) is 0 Å². The van der Waals surface area contributed by atoms with E-state index in [1.165, 1.54) is 12.3 Å². The average Bonchev–Trinajstić information content (AvgIpc) is 2.25. The molecule has 0 bridgehead atoms. The highest BCUT2D eigenvalue weighted by atomic mass is 16.1. The molecule has 4 heteroatoms. The Bertz CT molecular complexity index is 470. The van der Waals surface area contributed by atoms with Crippen molar-refractivity contribution < 1.29 is 11.0 Å². The number of nitrogens with zero attached hydrogens (tertiary/aromatic N) is 1. The van der Waals surface area contributed by atoms with E-state index in [9.17, 15) is 4.79 Å². The van der Waals surface area contributed by atoms with Gasteiger partial charge in [0.15, 0.2) is 0 Å². The molecule has 2 rings (SSSR count). The molecule has 0 aliphatic heterocycles. The number of hydrogen-bond donors (Lipinski definition) is 0. The van der Waals surface area contributed by atoms with E-state index in [0.29, 0.717) is 0 Å². The first-order valence-electron chi connectivity index (χ1n) is 3.71. The van der Waals surface area contributed by atoms with Crippen molar-refractivity contribution in [2.24, 2.45) is 0 Å². The van der Waals surface area contributed by atoms with Gasteiger partial charge in [0.25, 0.3) is 5.56 Å². The van der Waals surface area contributed by atoms with Crippen LogP contribution in [0.25, 0.3) is 10.8 Å². The molecule has 0 unspecified atom stereocenters. The smallest absolute Gasteiger partial charge is 0.270 e. The van der Waals surface area contributed by atoms with Crippen molar-refractivity contribution in [1.82, 2.24) is 4.98 Å². The van der Waals surface area contributed by atoms with Gasteiger partial charge in [0.1, 0.15) is 0 Å². The Morgan fingerprint density at radius 3 is 2.29 bits per heavy atom. The lowest BCUT2D eigenvalue weighted by atomic mass is 10.2. The largest absolute Gasteiger partial charge is 0.412 e. The normalized spacial score (nSPS) is 8.57. The summed E-state index contributed by atoms with van der Waals surface area (Å²) in [5.74, 6) is 0. The standard InChI is InChI=1S/C10H7NO.2H2O/c12-10-7-9-4-2-1-3-8(9)5-6-11-10;;/h1-7H;2*1H2. The third-order valence-electron chi connectivity index (χ3n) is 1.73. The van der Waals surface area contributed by atoms with Gasteiger partial charge in [-0.3, -0.25) is 4.79 Å². The monoisotopic (exact) mass is 193 g/mol. The predicted molar refractivity (Wildman–Crippen MR) is 55.2 cm³/mol. The van der Waals surface area contributed by atoms with Crippen LogP contribution in [0.2, 0.25) is 0 Å². The summed E-state index contributed by atoms with van der Waals surface area (Å²) in [7, 11) is 0. The summed E-state index contributed by atoms with van der Waals surface area (Å²) in [5.41, 5.74) is -0.198. The Kier molecular flexibility index (Phi) is 4.42. The summed E-state index contributed by atoms with van der Waals surface area (Å²) >= 11 is 0. The van der Waals surface area contributed by atoms with Crippen LogP contribution < -0.4 is 5.56 Å². The Morgan fingerprint density at radius 1 is 0.929 bits per heavy atom. The summed E-state index contributed by atoms with van der Waals surface area (Å²) < 4.78 is 0. The highest BCUT2D eigenvalue weighted by Gasteiger charge is 1.88. The second-order valence-electron chi connectivity index (χ2n) is 2.56. The van der Waals surface area contributed by atoms with E-state index in [-0.39, 0.29) is 16.5 Å². The fraction of sp³-hybridized carbons (Fsp3) is 0. The molecule has 0 spiro atoms. The fourth-order valence-electron chi connectivity index (χ4n) is 1.16. The minimum Gasteiger partial charge on any atom is -0.412 e. The second kappa shape index (κ2) is 5.06. The Balaban J connectivity index is 0.000000845. The second-order valence-corrected chi connectivity index (χ2v) is 2.56. The Hall–Kier alpha value is -1.78. The number of benzene rings is 1. The molecule has 0 aliphatic carbocycles. The van der Waals surface area contributed by atoms with Crippen LogP contribution in [0.3, 0.4) is 0 Å². The van der Waals surface area contributed by atoms with Crippen LogP contribution in [0.4, 0.5) is 0 Å². The van der Waals surface area contributed by atoms with Gasteiger partial charge in [-0.05, 0) is 16.8 Å². The molecule has 0 saturated carbocycles.